The summed E-state index contributed by atoms with van der Waals surface area (Å²) in [7, 11) is 0. The minimum atomic E-state index is -0.461. The zero-order valence-corrected chi connectivity index (χ0v) is 11.9. The minimum Gasteiger partial charge on any atom is -0.396 e. The molecule has 8 nitrogen and oxygen atoms in total. The van der Waals surface area contributed by atoms with Gasteiger partial charge in [0.1, 0.15) is 11.4 Å². The fraction of sp³-hybridized carbons (Fsp3) is 0.667. The molecule has 0 aromatic carbocycles. The van der Waals surface area contributed by atoms with Crippen LogP contribution in [0.25, 0.3) is 0 Å². The number of hydrogen-bond acceptors (Lipinski definition) is 5. The molecule has 1 atom stereocenters. The number of nitrogens with one attached hydrogen (secondary N) is 1. The summed E-state index contributed by atoms with van der Waals surface area (Å²) in [5.41, 5.74) is 0.796. The van der Waals surface area contributed by atoms with Gasteiger partial charge in [0.05, 0.1) is 11.5 Å². The van der Waals surface area contributed by atoms with Crippen LogP contribution in [0.3, 0.4) is 0 Å². The maximum absolute atomic E-state index is 11.7. The summed E-state index contributed by atoms with van der Waals surface area (Å²) >= 11 is 0. The number of hydrogen-bond donors (Lipinski definition) is 2. The van der Waals surface area contributed by atoms with Gasteiger partial charge in [-0.2, -0.15) is 5.10 Å². The van der Waals surface area contributed by atoms with Gasteiger partial charge in [-0.3, -0.25) is 19.6 Å². The van der Waals surface area contributed by atoms with Gasteiger partial charge >= 0.3 is 5.69 Å². The Morgan fingerprint density at radius 1 is 1.55 bits per heavy atom. The first kappa shape index (κ1) is 16.1. The van der Waals surface area contributed by atoms with Crippen LogP contribution in [0.4, 0.5) is 5.69 Å². The topological polar surface area (TPSA) is 110 Å². The van der Waals surface area contributed by atoms with Gasteiger partial charge in [-0.25, -0.2) is 0 Å². The molecule has 0 aliphatic carbocycles. The van der Waals surface area contributed by atoms with E-state index < -0.39 is 4.92 Å². The lowest BCUT2D eigenvalue weighted by atomic mass is 10.2. The third kappa shape index (κ3) is 4.02. The Hall–Kier alpha value is -1.96. The molecule has 2 N–H and O–H groups in total. The second kappa shape index (κ2) is 6.99. The maximum Gasteiger partial charge on any atom is 0.312 e. The van der Waals surface area contributed by atoms with Crippen molar-refractivity contribution in [3.05, 3.63) is 21.5 Å². The number of carbonyl (C=O) groups is 1. The van der Waals surface area contributed by atoms with Crippen LogP contribution >= 0.6 is 0 Å². The predicted octanol–water partition coefficient (Wildman–Crippen LogP) is 0.685. The van der Waals surface area contributed by atoms with Crippen LogP contribution in [-0.2, 0) is 11.3 Å². The van der Waals surface area contributed by atoms with Gasteiger partial charge in [0, 0.05) is 19.1 Å². The first-order valence-corrected chi connectivity index (χ1v) is 6.45. The minimum absolute atomic E-state index is 0.000873. The van der Waals surface area contributed by atoms with Gasteiger partial charge in [0.15, 0.2) is 0 Å². The van der Waals surface area contributed by atoms with E-state index in [9.17, 15) is 14.9 Å². The number of aryl methyl sites for hydroxylation is 2. The van der Waals surface area contributed by atoms with E-state index in [1.807, 2.05) is 6.92 Å². The Morgan fingerprint density at radius 2 is 2.20 bits per heavy atom. The lowest BCUT2D eigenvalue weighted by Gasteiger charge is -2.12. The van der Waals surface area contributed by atoms with Gasteiger partial charge < -0.3 is 10.4 Å². The molecule has 0 saturated carbocycles. The van der Waals surface area contributed by atoms with Crippen molar-refractivity contribution in [2.75, 3.05) is 6.61 Å². The zero-order chi connectivity index (χ0) is 15.3. The van der Waals surface area contributed by atoms with Gasteiger partial charge in [0.2, 0.25) is 5.91 Å². The molecule has 1 unspecified atom stereocenters. The third-order valence-corrected chi connectivity index (χ3v) is 3.05. The van der Waals surface area contributed by atoms with Gasteiger partial charge in [-0.1, -0.05) is 0 Å². The molecule has 0 fully saturated rings. The third-order valence-electron chi connectivity index (χ3n) is 3.05. The molecule has 1 rings (SSSR count). The number of nitro groups is 1. The van der Waals surface area contributed by atoms with Crippen LogP contribution in [0.5, 0.6) is 0 Å². The van der Waals surface area contributed by atoms with Gasteiger partial charge in [0.25, 0.3) is 0 Å². The molecule has 0 radical (unpaired) electrons. The highest BCUT2D eigenvalue weighted by molar-refractivity contribution is 5.76. The molecule has 1 amide bonds. The van der Waals surface area contributed by atoms with Gasteiger partial charge in [-0.15, -0.1) is 0 Å². The quantitative estimate of drug-likeness (QED) is 0.565. The second-order valence-corrected chi connectivity index (χ2v) is 4.73. The van der Waals surface area contributed by atoms with Crippen molar-refractivity contribution in [1.29, 1.82) is 0 Å². The molecular weight excluding hydrogens is 264 g/mol. The molecule has 20 heavy (non-hydrogen) atoms. The van der Waals surface area contributed by atoms with Crippen LogP contribution < -0.4 is 5.32 Å². The highest BCUT2D eigenvalue weighted by Gasteiger charge is 2.21. The van der Waals surface area contributed by atoms with Crippen molar-refractivity contribution in [2.24, 2.45) is 0 Å². The van der Waals surface area contributed by atoms with Crippen molar-refractivity contribution in [3.8, 4) is 0 Å². The number of aliphatic hydroxyl groups is 1. The monoisotopic (exact) mass is 284 g/mol. The summed E-state index contributed by atoms with van der Waals surface area (Å²) in [6.07, 6.45) is 0.687. The van der Waals surface area contributed by atoms with E-state index in [4.69, 9.17) is 5.11 Å². The van der Waals surface area contributed by atoms with Crippen LogP contribution in [0, 0.1) is 24.0 Å². The second-order valence-electron chi connectivity index (χ2n) is 4.73. The Morgan fingerprint density at radius 3 is 2.70 bits per heavy atom. The van der Waals surface area contributed by atoms with Crippen molar-refractivity contribution in [3.63, 3.8) is 0 Å². The molecule has 0 spiro atoms. The molecule has 1 aromatic rings. The van der Waals surface area contributed by atoms with Crippen molar-refractivity contribution >= 4 is 11.6 Å². The largest absolute Gasteiger partial charge is 0.396 e. The number of nitrogens with zero attached hydrogens (tertiary/aromatic N) is 3. The van der Waals surface area contributed by atoms with Crippen LogP contribution in [0.1, 0.15) is 31.2 Å². The summed E-state index contributed by atoms with van der Waals surface area (Å²) in [5, 5.41) is 26.4. The van der Waals surface area contributed by atoms with Crippen LogP contribution in [-0.4, -0.2) is 38.4 Å². The molecular formula is C12H20N4O4. The smallest absolute Gasteiger partial charge is 0.312 e. The first-order chi connectivity index (χ1) is 9.36. The van der Waals surface area contributed by atoms with Crippen molar-refractivity contribution in [2.45, 2.75) is 46.2 Å². The van der Waals surface area contributed by atoms with Crippen molar-refractivity contribution < 1.29 is 14.8 Å². The van der Waals surface area contributed by atoms with E-state index in [-0.39, 0.29) is 37.2 Å². The standard InChI is InChI=1S/C12H20N4O4/c1-8(5-7-17)13-11(18)4-6-15-10(3)12(16(19)20)9(2)14-15/h8,17H,4-7H2,1-3H3,(H,13,18). The van der Waals surface area contributed by atoms with E-state index in [0.717, 1.165) is 0 Å². The lowest BCUT2D eigenvalue weighted by Crippen LogP contribution is -2.33. The molecule has 8 heteroatoms. The normalized spacial score (nSPS) is 12.2. The molecule has 112 valence electrons. The molecule has 0 aliphatic heterocycles. The summed E-state index contributed by atoms with van der Waals surface area (Å²) < 4.78 is 1.48. The summed E-state index contributed by atoms with van der Waals surface area (Å²) in [5.74, 6) is -0.166. The number of amides is 1. The maximum atomic E-state index is 11.7. The van der Waals surface area contributed by atoms with E-state index in [2.05, 4.69) is 10.4 Å². The summed E-state index contributed by atoms with van der Waals surface area (Å²) in [6.45, 7) is 5.31. The van der Waals surface area contributed by atoms with E-state index >= 15 is 0 Å². The molecule has 0 saturated heterocycles. The highest BCUT2D eigenvalue weighted by atomic mass is 16.6. The summed E-state index contributed by atoms with van der Waals surface area (Å²) in [4.78, 5) is 22.1. The Bertz CT molecular complexity index is 498. The van der Waals surface area contributed by atoms with E-state index in [1.54, 1.807) is 13.8 Å². The van der Waals surface area contributed by atoms with E-state index in [0.29, 0.717) is 17.8 Å². The molecule has 1 aromatic heterocycles. The highest BCUT2D eigenvalue weighted by Crippen LogP contribution is 2.21. The Balaban J connectivity index is 2.60. The number of aromatic nitrogens is 2. The van der Waals surface area contributed by atoms with Gasteiger partial charge in [-0.05, 0) is 27.2 Å². The number of aliphatic hydroxyl groups excluding tert-OH is 1. The fourth-order valence-electron chi connectivity index (χ4n) is 1.99. The first-order valence-electron chi connectivity index (χ1n) is 6.45. The number of rotatable bonds is 7. The SMILES string of the molecule is Cc1nn(CCC(=O)NC(C)CCO)c(C)c1[N+](=O)[O-]. The average molecular weight is 284 g/mol. The van der Waals surface area contributed by atoms with E-state index in [1.165, 1.54) is 4.68 Å². The zero-order valence-electron chi connectivity index (χ0n) is 11.9. The molecule has 0 bridgehead atoms. The number of carbonyl (C=O) groups excluding carboxylic acids is 1. The lowest BCUT2D eigenvalue weighted by molar-refractivity contribution is -0.386. The van der Waals surface area contributed by atoms with Crippen molar-refractivity contribution in [1.82, 2.24) is 15.1 Å². The van der Waals surface area contributed by atoms with Crippen LogP contribution in [0.15, 0.2) is 0 Å². The summed E-state index contributed by atoms with van der Waals surface area (Å²) in [6, 6.07) is -0.0951. The predicted molar refractivity (Wildman–Crippen MR) is 72.3 cm³/mol. The Kier molecular flexibility index (Phi) is 5.63. The van der Waals surface area contributed by atoms with Crippen LogP contribution in [0.2, 0.25) is 0 Å². The average Bonchev–Trinajstić information content (AvgIpc) is 2.61. The molecule has 0 aliphatic rings. The molecule has 1 heterocycles. The fourth-order valence-corrected chi connectivity index (χ4v) is 1.99. The Labute approximate surface area is 116 Å².